The van der Waals surface area contributed by atoms with Crippen LogP contribution in [0.4, 0.5) is 0 Å². The first-order valence-corrected chi connectivity index (χ1v) is 11.1. The molecule has 0 saturated carbocycles. The molecule has 0 unspecified atom stereocenters. The molecule has 0 fully saturated rings. The Kier molecular flexibility index (Phi) is 8.32. The highest BCUT2D eigenvalue weighted by Gasteiger charge is 2.08. The molecule has 1 aromatic heterocycles. The minimum Gasteiger partial charge on any atom is -0.235 e. The number of hydrogen-bond acceptors (Lipinski definition) is 4. The first-order chi connectivity index (χ1) is 12.5. The number of unbranched alkanes of at least 4 members (excludes halogenated alkanes) is 6. The Bertz CT molecular complexity index is 838. The number of rotatable bonds is 11. The lowest BCUT2D eigenvalue weighted by Gasteiger charge is -2.04. The van der Waals surface area contributed by atoms with E-state index >= 15 is 0 Å². The molecule has 1 aromatic carbocycles. The van der Waals surface area contributed by atoms with Crippen LogP contribution >= 0.6 is 11.6 Å². The van der Waals surface area contributed by atoms with Crippen molar-refractivity contribution in [3.05, 3.63) is 41.0 Å². The lowest BCUT2D eigenvalue weighted by molar-refractivity contribution is 0.570. The molecule has 2 aromatic rings. The van der Waals surface area contributed by atoms with Crippen LogP contribution in [0.25, 0.3) is 10.9 Å². The average molecular weight is 396 g/mol. The maximum atomic E-state index is 12.0. The van der Waals surface area contributed by atoms with Crippen molar-refractivity contribution in [2.24, 2.45) is 5.10 Å². The van der Waals surface area contributed by atoms with E-state index in [9.17, 15) is 8.42 Å². The molecule has 0 radical (unpaired) electrons. The molecule has 0 aliphatic heterocycles. The summed E-state index contributed by atoms with van der Waals surface area (Å²) in [5, 5.41) is 5.04. The Hall–Kier alpha value is -1.66. The number of hydrazone groups is 1. The van der Waals surface area contributed by atoms with E-state index in [2.05, 4.69) is 21.8 Å². The molecule has 1 heterocycles. The maximum absolute atomic E-state index is 12.0. The van der Waals surface area contributed by atoms with Crippen molar-refractivity contribution in [3.8, 4) is 0 Å². The van der Waals surface area contributed by atoms with Gasteiger partial charge in [-0.15, -0.1) is 0 Å². The molecule has 142 valence electrons. The largest absolute Gasteiger partial charge is 0.247 e. The minimum atomic E-state index is -3.42. The van der Waals surface area contributed by atoms with Crippen LogP contribution in [-0.4, -0.2) is 25.4 Å². The lowest BCUT2D eigenvalue weighted by Crippen LogP contribution is -2.21. The zero-order valence-electron chi connectivity index (χ0n) is 15.1. The van der Waals surface area contributed by atoms with Crippen LogP contribution in [0.5, 0.6) is 0 Å². The van der Waals surface area contributed by atoms with Gasteiger partial charge in [-0.3, -0.25) is 0 Å². The van der Waals surface area contributed by atoms with Crippen LogP contribution in [0.15, 0.2) is 35.4 Å². The quantitative estimate of drug-likeness (QED) is 0.255. The van der Waals surface area contributed by atoms with E-state index in [0.29, 0.717) is 17.1 Å². The van der Waals surface area contributed by atoms with E-state index in [4.69, 9.17) is 11.6 Å². The number of hydrogen-bond donors (Lipinski definition) is 1. The molecule has 0 bridgehead atoms. The van der Waals surface area contributed by atoms with Crippen molar-refractivity contribution in [1.82, 2.24) is 9.82 Å². The molecular formula is C19H26ClN3O2S. The molecule has 0 spiro atoms. The van der Waals surface area contributed by atoms with Crippen molar-refractivity contribution in [2.75, 3.05) is 5.75 Å². The van der Waals surface area contributed by atoms with Crippen LogP contribution in [0, 0.1) is 0 Å². The first-order valence-electron chi connectivity index (χ1n) is 9.09. The van der Waals surface area contributed by atoms with Crippen molar-refractivity contribution in [2.45, 2.75) is 51.9 Å². The van der Waals surface area contributed by atoms with Gasteiger partial charge >= 0.3 is 0 Å². The summed E-state index contributed by atoms with van der Waals surface area (Å²) in [6.07, 6.45) is 8.92. The van der Waals surface area contributed by atoms with Gasteiger partial charge in [0.25, 0.3) is 0 Å². The molecule has 26 heavy (non-hydrogen) atoms. The van der Waals surface area contributed by atoms with E-state index < -0.39 is 10.0 Å². The molecule has 0 aliphatic carbocycles. The number of sulfonamides is 1. The van der Waals surface area contributed by atoms with Gasteiger partial charge in [0, 0.05) is 10.9 Å². The molecule has 7 heteroatoms. The van der Waals surface area contributed by atoms with Crippen LogP contribution in [0.1, 0.15) is 57.4 Å². The van der Waals surface area contributed by atoms with Crippen molar-refractivity contribution in [1.29, 1.82) is 0 Å². The minimum absolute atomic E-state index is 0.0851. The van der Waals surface area contributed by atoms with Crippen LogP contribution < -0.4 is 4.83 Å². The number of nitrogens with one attached hydrogen (secondary N) is 1. The second-order valence-corrected chi connectivity index (χ2v) is 8.53. The molecule has 0 amide bonds. The molecule has 5 nitrogen and oxygen atoms in total. The molecule has 1 N–H and O–H groups in total. The van der Waals surface area contributed by atoms with Gasteiger partial charge in [0.05, 0.1) is 17.5 Å². The number of fused-ring (bicyclic) bond motifs is 1. The van der Waals surface area contributed by atoms with Gasteiger partial charge in [0.2, 0.25) is 10.0 Å². The third-order valence-corrected chi connectivity index (χ3v) is 5.63. The summed E-state index contributed by atoms with van der Waals surface area (Å²) >= 11 is 6.13. The number of aromatic nitrogens is 1. The molecular weight excluding hydrogens is 370 g/mol. The second kappa shape index (κ2) is 10.5. The monoisotopic (exact) mass is 395 g/mol. The lowest BCUT2D eigenvalue weighted by atomic mass is 10.1. The standard InChI is InChI=1S/C19H26ClN3O2S/c1-2-3-4-5-6-7-10-13-26(24,25)23-21-15-17-14-16-11-8-9-12-18(16)22-19(17)20/h8-9,11-12,14-15,23H,2-7,10,13H2,1H3. The Morgan fingerprint density at radius 3 is 2.58 bits per heavy atom. The highest BCUT2D eigenvalue weighted by Crippen LogP contribution is 2.18. The fraction of sp³-hybridized carbons (Fsp3) is 0.474. The Morgan fingerprint density at radius 2 is 1.81 bits per heavy atom. The van der Waals surface area contributed by atoms with Crippen LogP contribution in [0.3, 0.4) is 0 Å². The summed E-state index contributed by atoms with van der Waals surface area (Å²) < 4.78 is 24.0. The van der Waals surface area contributed by atoms with Crippen molar-refractivity contribution in [3.63, 3.8) is 0 Å². The van der Waals surface area contributed by atoms with E-state index in [0.717, 1.165) is 23.7 Å². The van der Waals surface area contributed by atoms with Gasteiger partial charge < -0.3 is 0 Å². The van der Waals surface area contributed by atoms with Gasteiger partial charge in [-0.2, -0.15) is 5.10 Å². The summed E-state index contributed by atoms with van der Waals surface area (Å²) in [5.41, 5.74) is 1.36. The van der Waals surface area contributed by atoms with E-state index in [1.807, 2.05) is 30.3 Å². The zero-order chi connectivity index (χ0) is 18.8. The third-order valence-electron chi connectivity index (χ3n) is 4.12. The predicted octanol–water partition coefficient (Wildman–Crippen LogP) is 4.89. The molecule has 2 rings (SSSR count). The third kappa shape index (κ3) is 6.92. The smallest absolute Gasteiger partial charge is 0.235 e. The number of benzene rings is 1. The summed E-state index contributed by atoms with van der Waals surface area (Å²) in [5.74, 6) is 0.0851. The van der Waals surface area contributed by atoms with Crippen LogP contribution in [0.2, 0.25) is 5.15 Å². The van der Waals surface area contributed by atoms with Crippen LogP contribution in [-0.2, 0) is 10.0 Å². The Morgan fingerprint density at radius 1 is 1.12 bits per heavy atom. The molecule has 0 atom stereocenters. The van der Waals surface area contributed by atoms with E-state index in [-0.39, 0.29) is 5.75 Å². The van der Waals surface area contributed by atoms with Gasteiger partial charge in [0.1, 0.15) is 5.15 Å². The SMILES string of the molecule is CCCCCCCCCS(=O)(=O)NN=Cc1cc2ccccc2nc1Cl. The van der Waals surface area contributed by atoms with E-state index in [1.54, 1.807) is 0 Å². The fourth-order valence-corrected chi connectivity index (χ4v) is 3.75. The topological polar surface area (TPSA) is 71.4 Å². The van der Waals surface area contributed by atoms with Gasteiger partial charge in [-0.05, 0) is 18.6 Å². The summed E-state index contributed by atoms with van der Waals surface area (Å²) in [6, 6.07) is 9.41. The Balaban J connectivity index is 1.82. The van der Waals surface area contributed by atoms with Crippen molar-refractivity contribution < 1.29 is 8.42 Å². The first kappa shape index (κ1) is 20.6. The summed E-state index contributed by atoms with van der Waals surface area (Å²) in [7, 11) is -3.42. The number of pyridine rings is 1. The highest BCUT2D eigenvalue weighted by atomic mass is 35.5. The van der Waals surface area contributed by atoms with E-state index in [1.165, 1.54) is 31.9 Å². The molecule has 0 saturated heterocycles. The number of nitrogens with zero attached hydrogens (tertiary/aromatic N) is 2. The van der Waals surface area contributed by atoms with Gasteiger partial charge in [-0.1, -0.05) is 75.2 Å². The Labute approximate surface area is 160 Å². The van der Waals surface area contributed by atoms with Crippen molar-refractivity contribution >= 4 is 38.7 Å². The summed E-state index contributed by atoms with van der Waals surface area (Å²) in [4.78, 5) is 6.53. The normalized spacial score (nSPS) is 12.1. The molecule has 0 aliphatic rings. The van der Waals surface area contributed by atoms with Gasteiger partial charge in [0.15, 0.2) is 0 Å². The average Bonchev–Trinajstić information content (AvgIpc) is 2.61. The summed E-state index contributed by atoms with van der Waals surface area (Å²) in [6.45, 7) is 2.18. The highest BCUT2D eigenvalue weighted by molar-refractivity contribution is 7.89. The fourth-order valence-electron chi connectivity index (χ4n) is 2.67. The van der Waals surface area contributed by atoms with Gasteiger partial charge in [-0.25, -0.2) is 18.2 Å². The number of para-hydroxylation sites is 1. The maximum Gasteiger partial charge on any atom is 0.247 e. The number of halogens is 1. The zero-order valence-corrected chi connectivity index (χ0v) is 16.7. The predicted molar refractivity (Wildman–Crippen MR) is 109 cm³/mol. The second-order valence-electron chi connectivity index (χ2n) is 6.35.